The van der Waals surface area contributed by atoms with Gasteiger partial charge in [0.2, 0.25) is 0 Å². The van der Waals surface area contributed by atoms with Crippen LogP contribution < -0.4 is 0 Å². The van der Waals surface area contributed by atoms with E-state index in [0.29, 0.717) is 12.1 Å². The Balaban J connectivity index is 1.06. The summed E-state index contributed by atoms with van der Waals surface area (Å²) in [6, 6.07) is 12.2. The first-order chi connectivity index (χ1) is 16.1. The predicted molar refractivity (Wildman–Crippen MR) is 124 cm³/mol. The molecule has 1 atom stereocenters. The van der Waals surface area contributed by atoms with Gasteiger partial charge < -0.3 is 9.64 Å². The molecule has 5 rings (SSSR count). The van der Waals surface area contributed by atoms with Gasteiger partial charge in [-0.3, -0.25) is 4.90 Å². The highest BCUT2D eigenvalue weighted by molar-refractivity contribution is 5.70. The number of likely N-dealkylation sites (tertiary alicyclic amines) is 1. The monoisotopic (exact) mass is 452 g/mol. The number of carbonyl (C=O) groups excluding carboxylic acids is 1. The summed E-state index contributed by atoms with van der Waals surface area (Å²) >= 11 is 0. The van der Waals surface area contributed by atoms with Crippen molar-refractivity contribution in [2.45, 2.75) is 43.6 Å². The van der Waals surface area contributed by atoms with E-state index in [2.05, 4.69) is 41.3 Å². The molecule has 2 aromatic carbocycles. The van der Waals surface area contributed by atoms with Gasteiger partial charge in [-0.1, -0.05) is 48.9 Å². The molecule has 1 aliphatic carbocycles. The molecule has 3 aliphatic rings. The van der Waals surface area contributed by atoms with E-state index in [1.165, 1.54) is 17.2 Å². The maximum atomic E-state index is 13.6. The molecule has 2 fully saturated rings. The Labute approximate surface area is 193 Å². The third kappa shape index (κ3) is 4.41. The molecule has 0 aromatic heterocycles. The summed E-state index contributed by atoms with van der Waals surface area (Å²) in [6.07, 6.45) is 9.60. The lowest BCUT2D eigenvalue weighted by Gasteiger charge is -2.39. The Kier molecular flexibility index (Phi) is 6.19. The van der Waals surface area contributed by atoms with Crippen LogP contribution in [0, 0.1) is 11.6 Å². The van der Waals surface area contributed by atoms with Crippen LogP contribution in [0.25, 0.3) is 6.08 Å². The van der Waals surface area contributed by atoms with Gasteiger partial charge in [0.1, 0.15) is 6.61 Å². The van der Waals surface area contributed by atoms with Gasteiger partial charge in [-0.25, -0.2) is 13.6 Å². The molecule has 174 valence electrons. The number of allylic oxidation sites excluding steroid dienone is 1. The number of nitrogens with zero attached hydrogens (tertiary/aromatic N) is 2. The number of unbranched alkanes of at least 4 members (excludes halogenated alkanes) is 2. The smallest absolute Gasteiger partial charge is 0.410 e. The molecule has 0 saturated carbocycles. The number of hydrogen-bond acceptors (Lipinski definition) is 3. The first-order valence-electron chi connectivity index (χ1n) is 12.0. The Bertz CT molecular complexity index is 1050. The molecular formula is C27H30F2N2O2. The topological polar surface area (TPSA) is 32.8 Å². The van der Waals surface area contributed by atoms with Crippen LogP contribution >= 0.6 is 0 Å². The van der Waals surface area contributed by atoms with E-state index in [1.54, 1.807) is 4.90 Å². The van der Waals surface area contributed by atoms with Gasteiger partial charge in [-0.05, 0) is 74.1 Å². The van der Waals surface area contributed by atoms with Gasteiger partial charge in [-0.15, -0.1) is 0 Å². The molecular weight excluding hydrogens is 422 g/mol. The van der Waals surface area contributed by atoms with Gasteiger partial charge in [0.05, 0.1) is 6.04 Å². The van der Waals surface area contributed by atoms with Crippen LogP contribution in [-0.2, 0) is 10.2 Å². The van der Waals surface area contributed by atoms with Crippen LogP contribution in [0.4, 0.5) is 13.6 Å². The van der Waals surface area contributed by atoms with Crippen molar-refractivity contribution in [2.75, 3.05) is 32.8 Å². The van der Waals surface area contributed by atoms with E-state index in [4.69, 9.17) is 4.74 Å². The quantitative estimate of drug-likeness (QED) is 0.506. The second kappa shape index (κ2) is 9.26. The fraction of sp³-hybridized carbons (Fsp3) is 0.444. The zero-order chi connectivity index (χ0) is 22.8. The van der Waals surface area contributed by atoms with Gasteiger partial charge in [0.15, 0.2) is 11.6 Å². The summed E-state index contributed by atoms with van der Waals surface area (Å²) in [4.78, 5) is 16.3. The van der Waals surface area contributed by atoms with E-state index in [9.17, 15) is 13.6 Å². The molecule has 1 unspecified atom stereocenters. The number of halogens is 2. The van der Waals surface area contributed by atoms with Crippen molar-refractivity contribution in [1.29, 1.82) is 0 Å². The van der Waals surface area contributed by atoms with Crippen molar-refractivity contribution < 1.29 is 18.3 Å². The third-order valence-electron chi connectivity index (χ3n) is 7.50. The lowest BCUT2D eigenvalue weighted by molar-refractivity contribution is 0.156. The van der Waals surface area contributed by atoms with E-state index in [1.807, 2.05) is 0 Å². The van der Waals surface area contributed by atoms with Crippen molar-refractivity contribution >= 4 is 12.2 Å². The van der Waals surface area contributed by atoms with Gasteiger partial charge in [0, 0.05) is 12.0 Å². The number of hydrogen-bond donors (Lipinski definition) is 0. The number of rotatable bonds is 7. The molecule has 4 nitrogen and oxygen atoms in total. The summed E-state index contributed by atoms with van der Waals surface area (Å²) in [5, 5.41) is 0. The minimum Gasteiger partial charge on any atom is -0.447 e. The van der Waals surface area contributed by atoms with Crippen molar-refractivity contribution in [3.8, 4) is 0 Å². The van der Waals surface area contributed by atoms with Gasteiger partial charge >= 0.3 is 6.09 Å². The molecule has 2 aromatic rings. The lowest BCUT2D eigenvalue weighted by Crippen LogP contribution is -2.41. The molecule has 2 heterocycles. The predicted octanol–water partition coefficient (Wildman–Crippen LogP) is 5.69. The van der Waals surface area contributed by atoms with Gasteiger partial charge in [0.25, 0.3) is 0 Å². The van der Waals surface area contributed by atoms with Crippen molar-refractivity contribution in [1.82, 2.24) is 9.80 Å². The van der Waals surface area contributed by atoms with Crippen molar-refractivity contribution in [2.24, 2.45) is 0 Å². The van der Waals surface area contributed by atoms with E-state index >= 15 is 0 Å². The number of carbonyl (C=O) groups is 1. The Morgan fingerprint density at radius 3 is 2.58 bits per heavy atom. The normalized spacial score (nSPS) is 21.6. The molecule has 0 bridgehead atoms. The van der Waals surface area contributed by atoms with Crippen molar-refractivity contribution in [3.05, 3.63) is 76.9 Å². The zero-order valence-corrected chi connectivity index (χ0v) is 18.8. The summed E-state index contributed by atoms with van der Waals surface area (Å²) < 4.78 is 32.1. The van der Waals surface area contributed by atoms with Crippen molar-refractivity contribution in [3.63, 3.8) is 0 Å². The fourth-order valence-electron chi connectivity index (χ4n) is 5.53. The fourth-order valence-corrected chi connectivity index (χ4v) is 5.53. The maximum Gasteiger partial charge on any atom is 0.410 e. The van der Waals surface area contributed by atoms with Crippen LogP contribution in [0.2, 0.25) is 0 Å². The minimum atomic E-state index is -0.897. The number of ether oxygens (including phenoxy) is 1. The second-order valence-corrected chi connectivity index (χ2v) is 9.44. The summed E-state index contributed by atoms with van der Waals surface area (Å²) in [7, 11) is 0. The zero-order valence-electron chi connectivity index (χ0n) is 18.8. The van der Waals surface area contributed by atoms with E-state index in [-0.39, 0.29) is 24.2 Å². The number of benzene rings is 2. The Morgan fingerprint density at radius 1 is 0.970 bits per heavy atom. The average Bonchev–Trinajstić information content (AvgIpc) is 3.38. The Hall–Kier alpha value is -2.73. The maximum absolute atomic E-state index is 13.6. The molecule has 2 saturated heterocycles. The molecule has 2 aliphatic heterocycles. The van der Waals surface area contributed by atoms with E-state index < -0.39 is 11.6 Å². The van der Waals surface area contributed by atoms with Crippen LogP contribution in [0.5, 0.6) is 0 Å². The molecule has 1 spiro atoms. The third-order valence-corrected chi connectivity index (χ3v) is 7.50. The summed E-state index contributed by atoms with van der Waals surface area (Å²) in [5.41, 5.74) is 3.65. The van der Waals surface area contributed by atoms with Crippen LogP contribution in [0.15, 0.2) is 48.5 Å². The summed E-state index contributed by atoms with van der Waals surface area (Å²) in [5.74, 6) is -1.78. The van der Waals surface area contributed by atoms with Crippen LogP contribution in [0.3, 0.4) is 0 Å². The largest absolute Gasteiger partial charge is 0.447 e. The molecule has 1 amide bonds. The number of cyclic esters (lactones) is 1. The highest BCUT2D eigenvalue weighted by atomic mass is 19.2. The number of amides is 1. The standard InChI is InChI=1S/C27H30F2N2O2/c28-23-9-8-21(18-24(23)29)25-19-33-26(32)31(25)15-5-1-4-14-30-16-12-27(13-17-30)11-10-20-6-2-3-7-22(20)27/h2-3,6-11,18,25H,1,4-5,12-17,19H2. The lowest BCUT2D eigenvalue weighted by atomic mass is 9.74. The van der Waals surface area contributed by atoms with Crippen LogP contribution in [0.1, 0.15) is 54.8 Å². The Morgan fingerprint density at radius 2 is 1.76 bits per heavy atom. The van der Waals surface area contributed by atoms with Gasteiger partial charge in [-0.2, -0.15) is 0 Å². The highest BCUT2D eigenvalue weighted by Crippen LogP contribution is 2.43. The van der Waals surface area contributed by atoms with Crippen LogP contribution in [-0.4, -0.2) is 48.7 Å². The minimum absolute atomic E-state index is 0.178. The highest BCUT2D eigenvalue weighted by Gasteiger charge is 2.37. The van der Waals surface area contributed by atoms with E-state index in [0.717, 1.165) is 63.9 Å². The molecule has 6 heteroatoms. The first kappa shape index (κ1) is 22.1. The molecule has 33 heavy (non-hydrogen) atoms. The second-order valence-electron chi connectivity index (χ2n) is 9.44. The summed E-state index contributed by atoms with van der Waals surface area (Å²) in [6.45, 7) is 4.02. The first-order valence-corrected chi connectivity index (χ1v) is 12.0. The molecule has 0 N–H and O–H groups in total. The number of piperidine rings is 1. The number of fused-ring (bicyclic) bond motifs is 2. The molecule has 0 radical (unpaired) electrons. The average molecular weight is 453 g/mol. The SMILES string of the molecule is O=C1OCC(c2ccc(F)c(F)c2)N1CCCCCN1CCC2(C=Cc3ccccc32)CC1.